The Bertz CT molecular complexity index is 752. The van der Waals surface area contributed by atoms with Crippen LogP contribution in [-0.2, 0) is 11.3 Å². The Morgan fingerprint density at radius 1 is 1.25 bits per heavy atom. The monoisotopic (exact) mass is 269 g/mol. The Morgan fingerprint density at radius 2 is 2.15 bits per heavy atom. The summed E-state index contributed by atoms with van der Waals surface area (Å²) in [6.45, 7) is 0.158. The first-order valence-corrected chi connectivity index (χ1v) is 6.18. The number of nitrogens with zero attached hydrogens (tertiary/aromatic N) is 2. The summed E-state index contributed by atoms with van der Waals surface area (Å²) in [6.07, 6.45) is 3.38. The number of nitrogens with one attached hydrogen (secondary N) is 1. The number of pyridine rings is 1. The van der Waals surface area contributed by atoms with Gasteiger partial charge in [-0.3, -0.25) is 4.79 Å². The highest BCUT2D eigenvalue weighted by Gasteiger charge is 2.07. The summed E-state index contributed by atoms with van der Waals surface area (Å²) in [5.74, 6) is 0.0544. The number of hydrogen-bond donors (Lipinski definition) is 1. The van der Waals surface area contributed by atoms with E-state index in [1.54, 1.807) is 47.3 Å². The summed E-state index contributed by atoms with van der Waals surface area (Å²) in [7, 11) is 0. The third-order valence-corrected chi connectivity index (χ3v) is 2.98. The maximum Gasteiger partial charge on any atom is 0.245 e. The van der Waals surface area contributed by atoms with E-state index in [4.69, 9.17) is 0 Å². The molecule has 3 rings (SSSR count). The first kappa shape index (κ1) is 12.3. The molecular formula is C15H12FN3O. The summed E-state index contributed by atoms with van der Waals surface area (Å²) >= 11 is 0. The smallest absolute Gasteiger partial charge is 0.245 e. The van der Waals surface area contributed by atoms with E-state index in [9.17, 15) is 9.18 Å². The van der Waals surface area contributed by atoms with E-state index in [0.29, 0.717) is 5.82 Å². The van der Waals surface area contributed by atoms with Gasteiger partial charge in [-0.25, -0.2) is 9.37 Å². The van der Waals surface area contributed by atoms with Crippen LogP contribution in [-0.4, -0.2) is 15.5 Å². The lowest BCUT2D eigenvalue weighted by Crippen LogP contribution is -2.18. The van der Waals surface area contributed by atoms with E-state index in [1.165, 1.54) is 12.1 Å². The van der Waals surface area contributed by atoms with Crippen LogP contribution < -0.4 is 5.32 Å². The van der Waals surface area contributed by atoms with Gasteiger partial charge in [0.05, 0.1) is 0 Å². The molecule has 100 valence electrons. The molecule has 0 radical (unpaired) electrons. The Morgan fingerprint density at radius 3 is 2.95 bits per heavy atom. The minimum Gasteiger partial charge on any atom is -0.338 e. The third kappa shape index (κ3) is 2.51. The van der Waals surface area contributed by atoms with Gasteiger partial charge in [0.1, 0.15) is 18.2 Å². The summed E-state index contributed by atoms with van der Waals surface area (Å²) in [6, 6.07) is 11.6. The highest BCUT2D eigenvalue weighted by atomic mass is 19.1. The average molecular weight is 269 g/mol. The lowest BCUT2D eigenvalue weighted by Gasteiger charge is -2.06. The number of halogens is 1. The van der Waals surface area contributed by atoms with Crippen LogP contribution >= 0.6 is 0 Å². The number of rotatable bonds is 3. The molecule has 0 atom stereocenters. The lowest BCUT2D eigenvalue weighted by atomic mass is 10.2. The fourth-order valence-electron chi connectivity index (χ4n) is 2.08. The van der Waals surface area contributed by atoms with Gasteiger partial charge in [-0.05, 0) is 36.4 Å². The number of fused-ring (bicyclic) bond motifs is 1. The van der Waals surface area contributed by atoms with Crippen molar-refractivity contribution < 1.29 is 9.18 Å². The van der Waals surface area contributed by atoms with Crippen molar-refractivity contribution in [1.29, 1.82) is 0 Å². The number of benzene rings is 1. The van der Waals surface area contributed by atoms with Crippen molar-refractivity contribution in [3.05, 3.63) is 60.7 Å². The number of aromatic nitrogens is 2. The van der Waals surface area contributed by atoms with Crippen molar-refractivity contribution in [3.63, 3.8) is 0 Å². The van der Waals surface area contributed by atoms with Crippen LogP contribution in [0.5, 0.6) is 0 Å². The average Bonchev–Trinajstić information content (AvgIpc) is 2.82. The summed E-state index contributed by atoms with van der Waals surface area (Å²) in [5.41, 5.74) is 0.822. The van der Waals surface area contributed by atoms with Gasteiger partial charge in [-0.2, -0.15) is 0 Å². The van der Waals surface area contributed by atoms with Gasteiger partial charge in [-0.1, -0.05) is 6.07 Å². The molecule has 1 amide bonds. The van der Waals surface area contributed by atoms with Gasteiger partial charge in [0.25, 0.3) is 0 Å². The molecule has 1 aromatic carbocycles. The molecule has 5 heteroatoms. The van der Waals surface area contributed by atoms with Crippen molar-refractivity contribution in [1.82, 2.24) is 9.55 Å². The fourth-order valence-corrected chi connectivity index (χ4v) is 2.08. The highest BCUT2D eigenvalue weighted by molar-refractivity contribution is 5.91. The lowest BCUT2D eigenvalue weighted by molar-refractivity contribution is -0.116. The minimum absolute atomic E-state index is 0.158. The second-order valence-electron chi connectivity index (χ2n) is 4.41. The summed E-state index contributed by atoms with van der Waals surface area (Å²) < 4.78 is 14.9. The van der Waals surface area contributed by atoms with Gasteiger partial charge in [0.2, 0.25) is 5.91 Å². The predicted molar refractivity (Wildman–Crippen MR) is 74.8 cm³/mol. The second-order valence-corrected chi connectivity index (χ2v) is 4.41. The van der Waals surface area contributed by atoms with Gasteiger partial charge >= 0.3 is 0 Å². The first-order chi connectivity index (χ1) is 9.72. The molecule has 20 heavy (non-hydrogen) atoms. The van der Waals surface area contributed by atoms with E-state index < -0.39 is 0 Å². The molecular weight excluding hydrogens is 257 g/mol. The Kier molecular flexibility index (Phi) is 3.16. The molecule has 0 aliphatic carbocycles. The van der Waals surface area contributed by atoms with E-state index in [-0.39, 0.29) is 18.3 Å². The Balaban J connectivity index is 1.78. The normalized spacial score (nSPS) is 10.7. The zero-order valence-electron chi connectivity index (χ0n) is 10.6. The molecule has 2 aromatic heterocycles. The van der Waals surface area contributed by atoms with Crippen LogP contribution in [0.4, 0.5) is 10.2 Å². The van der Waals surface area contributed by atoms with Crippen LogP contribution in [0.15, 0.2) is 54.9 Å². The second kappa shape index (κ2) is 5.13. The van der Waals surface area contributed by atoms with Crippen LogP contribution in [0.3, 0.4) is 0 Å². The van der Waals surface area contributed by atoms with E-state index >= 15 is 0 Å². The zero-order valence-corrected chi connectivity index (χ0v) is 10.6. The fraction of sp³-hybridized carbons (Fsp3) is 0.0667. The number of amides is 1. The van der Waals surface area contributed by atoms with Crippen LogP contribution in [0.1, 0.15) is 0 Å². The van der Waals surface area contributed by atoms with Gasteiger partial charge in [-0.15, -0.1) is 0 Å². The third-order valence-electron chi connectivity index (χ3n) is 2.98. The van der Waals surface area contributed by atoms with Gasteiger partial charge in [0.15, 0.2) is 0 Å². The van der Waals surface area contributed by atoms with Crippen LogP contribution in [0, 0.1) is 5.82 Å². The van der Waals surface area contributed by atoms with Crippen LogP contribution in [0.25, 0.3) is 10.9 Å². The maximum atomic E-state index is 13.1. The number of hydrogen-bond acceptors (Lipinski definition) is 2. The molecule has 0 aliphatic heterocycles. The number of anilines is 1. The van der Waals surface area contributed by atoms with E-state index in [1.807, 2.05) is 0 Å². The SMILES string of the molecule is O=C(Cn1ccc2cc(F)ccc21)Nc1ccccn1. The number of carbonyl (C=O) groups excluding carboxylic acids is 1. The topological polar surface area (TPSA) is 46.9 Å². The molecule has 3 aromatic rings. The quantitative estimate of drug-likeness (QED) is 0.794. The molecule has 0 bridgehead atoms. The molecule has 0 spiro atoms. The Hall–Kier alpha value is -2.69. The standard InChI is InChI=1S/C15H12FN3O/c16-12-4-5-13-11(9-12)6-8-19(13)10-15(20)18-14-3-1-2-7-17-14/h1-9H,10H2,(H,17,18,20). The molecule has 0 aliphatic rings. The zero-order chi connectivity index (χ0) is 13.9. The number of carbonyl (C=O) groups is 1. The first-order valence-electron chi connectivity index (χ1n) is 6.18. The van der Waals surface area contributed by atoms with Crippen molar-refractivity contribution in [2.75, 3.05) is 5.32 Å². The van der Waals surface area contributed by atoms with Gasteiger partial charge < -0.3 is 9.88 Å². The Labute approximate surface area is 114 Å². The highest BCUT2D eigenvalue weighted by Crippen LogP contribution is 2.17. The largest absolute Gasteiger partial charge is 0.338 e. The van der Waals surface area contributed by atoms with Crippen LogP contribution in [0.2, 0.25) is 0 Å². The molecule has 0 saturated heterocycles. The van der Waals surface area contributed by atoms with Gasteiger partial charge in [0, 0.05) is 23.3 Å². The van der Waals surface area contributed by atoms with Crippen molar-refractivity contribution >= 4 is 22.6 Å². The summed E-state index contributed by atoms with van der Waals surface area (Å²) in [4.78, 5) is 16.0. The predicted octanol–water partition coefficient (Wildman–Crippen LogP) is 2.81. The molecule has 0 saturated carbocycles. The van der Waals surface area contributed by atoms with E-state index in [0.717, 1.165) is 10.9 Å². The van der Waals surface area contributed by atoms with E-state index in [2.05, 4.69) is 10.3 Å². The van der Waals surface area contributed by atoms with Crippen molar-refractivity contribution in [2.45, 2.75) is 6.54 Å². The molecule has 0 fully saturated rings. The summed E-state index contributed by atoms with van der Waals surface area (Å²) in [5, 5.41) is 3.49. The molecule has 1 N–H and O–H groups in total. The molecule has 2 heterocycles. The minimum atomic E-state index is -0.284. The molecule has 0 unspecified atom stereocenters. The van der Waals surface area contributed by atoms with Crippen molar-refractivity contribution in [2.24, 2.45) is 0 Å². The molecule has 4 nitrogen and oxygen atoms in total. The maximum absolute atomic E-state index is 13.1. The van der Waals surface area contributed by atoms with Crippen molar-refractivity contribution in [3.8, 4) is 0 Å².